The Labute approximate surface area is 118 Å². The van der Waals surface area contributed by atoms with Crippen LogP contribution in [0.5, 0.6) is 0 Å². The molecule has 7 heteroatoms. The summed E-state index contributed by atoms with van der Waals surface area (Å²) in [5, 5.41) is 14.3. The first-order valence-corrected chi connectivity index (χ1v) is 6.42. The summed E-state index contributed by atoms with van der Waals surface area (Å²) in [4.78, 5) is 26.8. The quantitative estimate of drug-likeness (QED) is 0.753. The maximum Gasteiger partial charge on any atom is 0.315 e. The van der Waals surface area contributed by atoms with Gasteiger partial charge in [-0.25, -0.2) is 9.78 Å². The third-order valence-corrected chi connectivity index (χ3v) is 3.06. The summed E-state index contributed by atoms with van der Waals surface area (Å²) in [6, 6.07) is -0.837. The normalized spacial score (nSPS) is 12.8. The molecule has 1 aromatic rings. The van der Waals surface area contributed by atoms with Crippen LogP contribution in [0.3, 0.4) is 0 Å². The molecular formula is C13H22N4O3. The average Bonchev–Trinajstić information content (AvgIpc) is 2.69. The van der Waals surface area contributed by atoms with Crippen LogP contribution in [0, 0.1) is 5.41 Å². The number of carboxylic acids is 1. The monoisotopic (exact) mass is 282 g/mol. The fraction of sp³-hybridized carbons (Fsp3) is 0.615. The SMILES string of the molecule is Cn1ccnc1CNC(=O)NC(CC(=O)O)C(C)(C)C. The molecule has 3 N–H and O–H groups in total. The molecule has 2 amide bonds. The van der Waals surface area contributed by atoms with Crippen LogP contribution < -0.4 is 10.6 Å². The predicted molar refractivity (Wildman–Crippen MR) is 74.1 cm³/mol. The first-order valence-electron chi connectivity index (χ1n) is 6.42. The number of nitrogens with zero attached hydrogens (tertiary/aromatic N) is 2. The van der Waals surface area contributed by atoms with Crippen molar-refractivity contribution < 1.29 is 14.7 Å². The lowest BCUT2D eigenvalue weighted by Gasteiger charge is -2.30. The number of carbonyl (C=O) groups excluding carboxylic acids is 1. The summed E-state index contributed by atoms with van der Waals surface area (Å²) in [6.07, 6.45) is 3.33. The van der Waals surface area contributed by atoms with Crippen molar-refractivity contribution in [2.75, 3.05) is 0 Å². The van der Waals surface area contributed by atoms with E-state index in [-0.39, 0.29) is 11.8 Å². The summed E-state index contributed by atoms with van der Waals surface area (Å²) in [7, 11) is 1.84. The van der Waals surface area contributed by atoms with Crippen molar-refractivity contribution in [2.45, 2.75) is 39.8 Å². The first kappa shape index (κ1) is 16.0. The van der Waals surface area contributed by atoms with Crippen LogP contribution in [0.1, 0.15) is 33.0 Å². The van der Waals surface area contributed by atoms with Gasteiger partial charge in [-0.1, -0.05) is 20.8 Å². The van der Waals surface area contributed by atoms with Gasteiger partial charge in [-0.05, 0) is 5.41 Å². The van der Waals surface area contributed by atoms with Gasteiger partial charge in [0.25, 0.3) is 0 Å². The highest BCUT2D eigenvalue weighted by Crippen LogP contribution is 2.21. The Morgan fingerprint density at radius 3 is 2.55 bits per heavy atom. The van der Waals surface area contributed by atoms with Crippen LogP contribution >= 0.6 is 0 Å². The average molecular weight is 282 g/mol. The second-order valence-electron chi connectivity index (χ2n) is 5.80. The van der Waals surface area contributed by atoms with Gasteiger partial charge in [0, 0.05) is 25.5 Å². The van der Waals surface area contributed by atoms with Gasteiger partial charge < -0.3 is 20.3 Å². The third kappa shape index (κ3) is 4.91. The van der Waals surface area contributed by atoms with Crippen LogP contribution in [-0.2, 0) is 18.4 Å². The fourth-order valence-electron chi connectivity index (χ4n) is 1.68. The Hall–Kier alpha value is -2.05. The molecule has 0 aliphatic carbocycles. The molecule has 0 aliphatic heterocycles. The van der Waals surface area contributed by atoms with Crippen LogP contribution in [0.25, 0.3) is 0 Å². The van der Waals surface area contributed by atoms with E-state index in [1.165, 1.54) is 0 Å². The minimum absolute atomic E-state index is 0.112. The van der Waals surface area contributed by atoms with Crippen molar-refractivity contribution in [1.82, 2.24) is 20.2 Å². The zero-order chi connectivity index (χ0) is 15.3. The zero-order valence-corrected chi connectivity index (χ0v) is 12.3. The first-order chi connectivity index (χ1) is 9.20. The van der Waals surface area contributed by atoms with E-state index in [0.29, 0.717) is 6.54 Å². The zero-order valence-electron chi connectivity index (χ0n) is 12.3. The Morgan fingerprint density at radius 1 is 1.45 bits per heavy atom. The molecule has 0 fully saturated rings. The van der Waals surface area contributed by atoms with Gasteiger partial charge in [0.1, 0.15) is 5.82 Å². The van der Waals surface area contributed by atoms with Crippen LogP contribution in [0.4, 0.5) is 4.79 Å². The number of carboxylic acid groups (broad SMARTS) is 1. The molecule has 0 bridgehead atoms. The van der Waals surface area contributed by atoms with E-state index in [2.05, 4.69) is 15.6 Å². The lowest BCUT2D eigenvalue weighted by Crippen LogP contribution is -2.48. The summed E-state index contributed by atoms with van der Waals surface area (Å²) < 4.78 is 1.80. The third-order valence-electron chi connectivity index (χ3n) is 3.06. The maximum atomic E-state index is 11.8. The van der Waals surface area contributed by atoms with Crippen molar-refractivity contribution in [3.63, 3.8) is 0 Å². The number of nitrogens with one attached hydrogen (secondary N) is 2. The summed E-state index contributed by atoms with van der Waals surface area (Å²) in [6.45, 7) is 5.96. The van der Waals surface area contributed by atoms with Crippen molar-refractivity contribution in [3.8, 4) is 0 Å². The smallest absolute Gasteiger partial charge is 0.315 e. The van der Waals surface area contributed by atoms with Gasteiger partial charge in [-0.15, -0.1) is 0 Å². The van der Waals surface area contributed by atoms with E-state index in [4.69, 9.17) is 5.11 Å². The second kappa shape index (κ2) is 6.40. The molecule has 1 heterocycles. The highest BCUT2D eigenvalue weighted by Gasteiger charge is 2.28. The molecule has 1 atom stereocenters. The standard InChI is InChI=1S/C13H22N4O3/c1-13(2,3)9(7-11(18)19)16-12(20)15-8-10-14-5-6-17(10)4/h5-6,9H,7-8H2,1-4H3,(H,18,19)(H2,15,16,20). The molecule has 1 rings (SSSR count). The number of aromatic nitrogens is 2. The number of amides is 2. The lowest BCUT2D eigenvalue weighted by atomic mass is 9.85. The topological polar surface area (TPSA) is 96.3 Å². The Bertz CT molecular complexity index is 476. The number of aliphatic carboxylic acids is 1. The molecule has 0 radical (unpaired) electrons. The molecule has 7 nitrogen and oxygen atoms in total. The van der Waals surface area contributed by atoms with Crippen molar-refractivity contribution in [3.05, 3.63) is 18.2 Å². The van der Waals surface area contributed by atoms with Crippen LogP contribution in [0.2, 0.25) is 0 Å². The summed E-state index contributed by atoms with van der Waals surface area (Å²) >= 11 is 0. The van der Waals surface area contributed by atoms with Gasteiger partial charge in [-0.2, -0.15) is 0 Å². The molecular weight excluding hydrogens is 260 g/mol. The number of aryl methyl sites for hydroxylation is 1. The highest BCUT2D eigenvalue weighted by atomic mass is 16.4. The Kier molecular flexibility index (Phi) is 5.12. The van der Waals surface area contributed by atoms with Crippen molar-refractivity contribution in [1.29, 1.82) is 0 Å². The van der Waals surface area contributed by atoms with Gasteiger partial charge in [0.15, 0.2) is 0 Å². The molecule has 1 unspecified atom stereocenters. The highest BCUT2D eigenvalue weighted by molar-refractivity contribution is 5.75. The van der Waals surface area contributed by atoms with E-state index >= 15 is 0 Å². The largest absolute Gasteiger partial charge is 0.481 e. The minimum Gasteiger partial charge on any atom is -0.481 e. The van der Waals surface area contributed by atoms with Gasteiger partial charge in [-0.3, -0.25) is 4.79 Å². The molecule has 0 saturated heterocycles. The molecule has 20 heavy (non-hydrogen) atoms. The Morgan fingerprint density at radius 2 is 2.10 bits per heavy atom. The molecule has 1 aromatic heterocycles. The molecule has 0 spiro atoms. The molecule has 0 aliphatic rings. The number of imidazole rings is 1. The molecule has 0 aromatic carbocycles. The van der Waals surface area contributed by atoms with E-state index in [1.807, 2.05) is 27.8 Å². The summed E-state index contributed by atoms with van der Waals surface area (Å²) in [5.41, 5.74) is -0.334. The van der Waals surface area contributed by atoms with Gasteiger partial charge in [0.05, 0.1) is 13.0 Å². The number of hydrogen-bond donors (Lipinski definition) is 3. The van der Waals surface area contributed by atoms with Crippen LogP contribution in [0.15, 0.2) is 12.4 Å². The maximum absolute atomic E-state index is 11.8. The van der Waals surface area contributed by atoms with Gasteiger partial charge in [0.2, 0.25) is 0 Å². The second-order valence-corrected chi connectivity index (χ2v) is 5.80. The number of hydrogen-bond acceptors (Lipinski definition) is 3. The minimum atomic E-state index is -0.936. The lowest BCUT2D eigenvalue weighted by molar-refractivity contribution is -0.138. The Balaban J connectivity index is 2.54. The summed E-state index contributed by atoms with van der Waals surface area (Å²) in [5.74, 6) is -0.208. The predicted octanol–water partition coefficient (Wildman–Crippen LogP) is 1.11. The molecule has 0 saturated carbocycles. The van der Waals surface area contributed by atoms with E-state index in [0.717, 1.165) is 5.82 Å². The van der Waals surface area contributed by atoms with Crippen molar-refractivity contribution >= 4 is 12.0 Å². The number of urea groups is 1. The van der Waals surface area contributed by atoms with Crippen LogP contribution in [-0.4, -0.2) is 32.7 Å². The van der Waals surface area contributed by atoms with Gasteiger partial charge >= 0.3 is 12.0 Å². The van der Waals surface area contributed by atoms with E-state index in [1.54, 1.807) is 17.0 Å². The van der Waals surface area contributed by atoms with E-state index < -0.39 is 18.0 Å². The van der Waals surface area contributed by atoms with Crippen molar-refractivity contribution in [2.24, 2.45) is 12.5 Å². The number of rotatable bonds is 5. The molecule has 112 valence electrons. The number of carbonyl (C=O) groups is 2. The fourth-order valence-corrected chi connectivity index (χ4v) is 1.68. The van der Waals surface area contributed by atoms with E-state index in [9.17, 15) is 9.59 Å².